The molecule has 1 aliphatic rings. The highest BCUT2D eigenvalue weighted by molar-refractivity contribution is 5.53. The molecule has 0 spiro atoms. The van der Waals surface area contributed by atoms with Gasteiger partial charge in [-0.3, -0.25) is 4.68 Å². The monoisotopic (exact) mass is 206 g/mol. The normalized spacial score (nSPS) is 26.5. The highest BCUT2D eigenvalue weighted by Gasteiger charge is 2.22. The number of aryl methyl sites for hydroxylation is 1. The van der Waals surface area contributed by atoms with Gasteiger partial charge >= 0.3 is 0 Å². The number of hydrogen-bond donors (Lipinski definition) is 0. The first-order valence-corrected chi connectivity index (χ1v) is 5.81. The minimum Gasteiger partial charge on any atom is -0.303 e. The maximum absolute atomic E-state index is 10.6. The van der Waals surface area contributed by atoms with Crippen LogP contribution in [0.3, 0.4) is 0 Å². The highest BCUT2D eigenvalue weighted by atomic mass is 16.1. The van der Waals surface area contributed by atoms with E-state index in [2.05, 4.69) is 18.2 Å². The largest absolute Gasteiger partial charge is 0.303 e. The molecule has 82 valence electrons. The summed E-state index contributed by atoms with van der Waals surface area (Å²) in [6, 6.07) is 0. The number of aldehydes is 1. The molecule has 0 unspecified atom stereocenters. The Labute approximate surface area is 90.5 Å². The maximum Gasteiger partial charge on any atom is 0.123 e. The number of aromatic nitrogens is 2. The molecule has 0 N–H and O–H groups in total. The highest BCUT2D eigenvalue weighted by Crippen LogP contribution is 2.34. The maximum atomic E-state index is 10.6. The van der Waals surface area contributed by atoms with Crippen molar-refractivity contribution in [2.75, 3.05) is 0 Å². The molecular weight excluding hydrogens is 188 g/mol. The van der Waals surface area contributed by atoms with E-state index < -0.39 is 0 Å². The molecule has 0 amide bonds. The second kappa shape index (κ2) is 4.60. The molecule has 15 heavy (non-hydrogen) atoms. The SMILES string of the molecule is CCn1cc(C2CCC(C=O)CC2)cn1. The van der Waals surface area contributed by atoms with Crippen LogP contribution >= 0.6 is 0 Å². The van der Waals surface area contributed by atoms with Gasteiger partial charge in [0, 0.05) is 18.7 Å². The van der Waals surface area contributed by atoms with Crippen LogP contribution in [0.5, 0.6) is 0 Å². The van der Waals surface area contributed by atoms with Crippen molar-refractivity contribution in [2.24, 2.45) is 5.92 Å². The lowest BCUT2D eigenvalue weighted by Gasteiger charge is -2.24. The Morgan fingerprint density at radius 2 is 2.20 bits per heavy atom. The Morgan fingerprint density at radius 1 is 1.47 bits per heavy atom. The van der Waals surface area contributed by atoms with E-state index in [4.69, 9.17) is 0 Å². The van der Waals surface area contributed by atoms with E-state index >= 15 is 0 Å². The van der Waals surface area contributed by atoms with Crippen LogP contribution in [-0.4, -0.2) is 16.1 Å². The molecular formula is C12H18N2O. The fourth-order valence-electron chi connectivity index (χ4n) is 2.35. The first kappa shape index (κ1) is 10.4. The molecule has 0 saturated heterocycles. The van der Waals surface area contributed by atoms with Crippen LogP contribution in [0.25, 0.3) is 0 Å². The summed E-state index contributed by atoms with van der Waals surface area (Å²) < 4.78 is 1.97. The smallest absolute Gasteiger partial charge is 0.123 e. The molecule has 2 rings (SSSR count). The third-order valence-corrected chi connectivity index (χ3v) is 3.41. The molecule has 0 aliphatic heterocycles. The zero-order valence-corrected chi connectivity index (χ0v) is 9.22. The van der Waals surface area contributed by atoms with Gasteiger partial charge in [-0.2, -0.15) is 5.10 Å². The molecule has 3 heteroatoms. The minimum atomic E-state index is 0.308. The van der Waals surface area contributed by atoms with Crippen LogP contribution in [0.1, 0.15) is 44.1 Å². The van der Waals surface area contributed by atoms with Crippen LogP contribution in [0.4, 0.5) is 0 Å². The van der Waals surface area contributed by atoms with Gasteiger partial charge in [0.1, 0.15) is 6.29 Å². The van der Waals surface area contributed by atoms with E-state index in [1.165, 1.54) is 5.56 Å². The molecule has 1 aromatic heterocycles. The summed E-state index contributed by atoms with van der Waals surface area (Å²) in [7, 11) is 0. The second-order valence-electron chi connectivity index (χ2n) is 4.38. The Kier molecular flexibility index (Phi) is 3.19. The van der Waals surface area contributed by atoms with E-state index in [9.17, 15) is 4.79 Å². The molecule has 1 aromatic rings. The van der Waals surface area contributed by atoms with E-state index in [1.807, 2.05) is 10.9 Å². The van der Waals surface area contributed by atoms with E-state index in [-0.39, 0.29) is 0 Å². The lowest BCUT2D eigenvalue weighted by Crippen LogP contribution is -2.13. The lowest BCUT2D eigenvalue weighted by molar-refractivity contribution is -0.111. The van der Waals surface area contributed by atoms with Gasteiger partial charge in [-0.25, -0.2) is 0 Å². The number of carbonyl (C=O) groups is 1. The summed E-state index contributed by atoms with van der Waals surface area (Å²) in [5.41, 5.74) is 1.35. The summed E-state index contributed by atoms with van der Waals surface area (Å²) in [6.45, 7) is 3.03. The van der Waals surface area contributed by atoms with Crippen molar-refractivity contribution >= 4 is 6.29 Å². The minimum absolute atomic E-state index is 0.308. The molecule has 3 nitrogen and oxygen atoms in total. The topological polar surface area (TPSA) is 34.9 Å². The van der Waals surface area contributed by atoms with Gasteiger partial charge in [0.05, 0.1) is 6.20 Å². The van der Waals surface area contributed by atoms with Crippen molar-refractivity contribution in [3.8, 4) is 0 Å². The molecule has 0 atom stereocenters. The summed E-state index contributed by atoms with van der Waals surface area (Å²) in [4.78, 5) is 10.6. The van der Waals surface area contributed by atoms with Crippen LogP contribution in [-0.2, 0) is 11.3 Å². The van der Waals surface area contributed by atoms with Crippen molar-refractivity contribution in [3.63, 3.8) is 0 Å². The summed E-state index contributed by atoms with van der Waals surface area (Å²) in [5, 5.41) is 4.30. The molecule has 1 saturated carbocycles. The van der Waals surface area contributed by atoms with Gasteiger partial charge in [-0.1, -0.05) is 0 Å². The fourth-order valence-corrected chi connectivity index (χ4v) is 2.35. The lowest BCUT2D eigenvalue weighted by atomic mass is 9.80. The van der Waals surface area contributed by atoms with Gasteiger partial charge in [-0.15, -0.1) is 0 Å². The van der Waals surface area contributed by atoms with E-state index in [0.29, 0.717) is 11.8 Å². The molecule has 0 radical (unpaired) electrons. The first-order valence-electron chi connectivity index (χ1n) is 5.81. The van der Waals surface area contributed by atoms with Crippen LogP contribution in [0.15, 0.2) is 12.4 Å². The summed E-state index contributed by atoms with van der Waals surface area (Å²) in [6.07, 6.45) is 9.61. The number of rotatable bonds is 3. The number of hydrogen-bond acceptors (Lipinski definition) is 2. The third-order valence-electron chi connectivity index (χ3n) is 3.41. The van der Waals surface area contributed by atoms with Crippen molar-refractivity contribution in [2.45, 2.75) is 45.1 Å². The average Bonchev–Trinajstić information content (AvgIpc) is 2.78. The van der Waals surface area contributed by atoms with Gasteiger partial charge in [0.2, 0.25) is 0 Å². The Balaban J connectivity index is 1.97. The van der Waals surface area contributed by atoms with Crippen molar-refractivity contribution in [3.05, 3.63) is 18.0 Å². The van der Waals surface area contributed by atoms with Gasteiger partial charge in [0.25, 0.3) is 0 Å². The molecule has 1 fully saturated rings. The average molecular weight is 206 g/mol. The van der Waals surface area contributed by atoms with Crippen molar-refractivity contribution in [1.82, 2.24) is 9.78 Å². The molecule has 0 bridgehead atoms. The zero-order chi connectivity index (χ0) is 10.7. The Bertz CT molecular complexity index is 324. The van der Waals surface area contributed by atoms with E-state index in [0.717, 1.165) is 38.5 Å². The summed E-state index contributed by atoms with van der Waals surface area (Å²) >= 11 is 0. The van der Waals surface area contributed by atoms with E-state index in [1.54, 1.807) is 0 Å². The molecule has 0 aromatic carbocycles. The van der Waals surface area contributed by atoms with Crippen molar-refractivity contribution in [1.29, 1.82) is 0 Å². The van der Waals surface area contributed by atoms with Crippen molar-refractivity contribution < 1.29 is 4.79 Å². The van der Waals surface area contributed by atoms with Gasteiger partial charge < -0.3 is 4.79 Å². The standard InChI is InChI=1S/C12H18N2O/c1-2-14-8-12(7-13-14)11-5-3-10(9-15)4-6-11/h7-11H,2-6H2,1H3. The number of carbonyl (C=O) groups excluding carboxylic acids is 1. The predicted octanol–water partition coefficient (Wildman–Crippen LogP) is 2.38. The van der Waals surface area contributed by atoms with Crippen LogP contribution in [0, 0.1) is 5.92 Å². The first-order chi connectivity index (χ1) is 7.33. The fraction of sp³-hybridized carbons (Fsp3) is 0.667. The Morgan fingerprint density at radius 3 is 2.73 bits per heavy atom. The Hall–Kier alpha value is -1.12. The quantitative estimate of drug-likeness (QED) is 0.712. The molecule has 1 aliphatic carbocycles. The third kappa shape index (κ3) is 2.28. The van der Waals surface area contributed by atoms with Crippen LogP contribution < -0.4 is 0 Å². The number of nitrogens with zero attached hydrogens (tertiary/aromatic N) is 2. The summed E-state index contributed by atoms with van der Waals surface area (Å²) in [5.74, 6) is 0.934. The van der Waals surface area contributed by atoms with Crippen LogP contribution in [0.2, 0.25) is 0 Å². The second-order valence-corrected chi connectivity index (χ2v) is 4.38. The predicted molar refractivity (Wildman–Crippen MR) is 58.7 cm³/mol. The van der Waals surface area contributed by atoms with Gasteiger partial charge in [-0.05, 0) is 44.1 Å². The van der Waals surface area contributed by atoms with Gasteiger partial charge in [0.15, 0.2) is 0 Å². The zero-order valence-electron chi connectivity index (χ0n) is 9.22. The molecule has 1 heterocycles.